The minimum Gasteiger partial charge on any atom is -0.480 e. The maximum Gasteiger partial charge on any atom is 0.322 e. The highest BCUT2D eigenvalue weighted by Gasteiger charge is 2.18. The molecule has 1 aliphatic rings. The molecule has 1 fully saturated rings. The first kappa shape index (κ1) is 13.6. The molecule has 1 heterocycles. The van der Waals surface area contributed by atoms with Crippen molar-refractivity contribution in [2.45, 2.75) is 18.9 Å². The summed E-state index contributed by atoms with van der Waals surface area (Å²) in [7, 11) is 0. The first-order valence-corrected chi connectivity index (χ1v) is 3.02. The van der Waals surface area contributed by atoms with Crippen LogP contribution < -0.4 is 10.9 Å². The van der Waals surface area contributed by atoms with Crippen LogP contribution in [0, 0.1) is 0 Å². The van der Waals surface area contributed by atoms with E-state index in [2.05, 4.69) is 10.9 Å². The van der Waals surface area contributed by atoms with Crippen LogP contribution in [0.5, 0.6) is 0 Å². The van der Waals surface area contributed by atoms with Crippen LogP contribution in [0.1, 0.15) is 12.8 Å². The molecule has 0 aliphatic carbocycles. The Labute approximate surface area is 77.5 Å². The van der Waals surface area contributed by atoms with Crippen LogP contribution >= 0.6 is 24.8 Å². The van der Waals surface area contributed by atoms with Gasteiger partial charge in [0.15, 0.2) is 0 Å². The number of carbonyl (C=O) groups is 1. The highest BCUT2D eigenvalue weighted by Crippen LogP contribution is 1.98. The number of hydrogen-bond acceptors (Lipinski definition) is 3. The van der Waals surface area contributed by atoms with E-state index in [-0.39, 0.29) is 24.8 Å². The highest BCUT2D eigenvalue weighted by molar-refractivity contribution is 5.85. The number of carboxylic acid groups (broad SMARTS) is 1. The molecule has 1 rings (SSSR count). The number of hydrogen-bond donors (Lipinski definition) is 3. The molecule has 1 unspecified atom stereocenters. The molecule has 1 saturated heterocycles. The van der Waals surface area contributed by atoms with Crippen molar-refractivity contribution in [1.29, 1.82) is 0 Å². The topological polar surface area (TPSA) is 61.4 Å². The van der Waals surface area contributed by atoms with Crippen molar-refractivity contribution in [3.8, 4) is 0 Å². The summed E-state index contributed by atoms with van der Waals surface area (Å²) in [5.41, 5.74) is 5.45. The van der Waals surface area contributed by atoms with Gasteiger partial charge >= 0.3 is 5.97 Å². The van der Waals surface area contributed by atoms with Gasteiger partial charge in [-0.1, -0.05) is 0 Å². The summed E-state index contributed by atoms with van der Waals surface area (Å²) >= 11 is 0. The maximum atomic E-state index is 10.3. The van der Waals surface area contributed by atoms with E-state index in [1.165, 1.54) is 0 Å². The summed E-state index contributed by atoms with van der Waals surface area (Å²) in [6.07, 6.45) is 1.66. The summed E-state index contributed by atoms with van der Waals surface area (Å²) in [4.78, 5) is 10.3. The van der Waals surface area contributed by atoms with Gasteiger partial charge in [-0.05, 0) is 12.8 Å². The van der Waals surface area contributed by atoms with Gasteiger partial charge in [0.25, 0.3) is 0 Å². The number of aliphatic carboxylic acids is 1. The molecule has 3 N–H and O–H groups in total. The minimum atomic E-state index is -0.776. The molecular weight excluding hydrogens is 191 g/mol. The van der Waals surface area contributed by atoms with E-state index >= 15 is 0 Å². The Bertz CT molecular complexity index is 117. The Balaban J connectivity index is 0. The monoisotopic (exact) mass is 202 g/mol. The second-order valence-electron chi connectivity index (χ2n) is 2.10. The van der Waals surface area contributed by atoms with E-state index < -0.39 is 12.0 Å². The van der Waals surface area contributed by atoms with E-state index in [1.54, 1.807) is 0 Å². The fraction of sp³-hybridized carbons (Fsp3) is 0.800. The molecule has 1 atom stereocenters. The zero-order valence-corrected chi connectivity index (χ0v) is 7.50. The normalized spacial score (nSPS) is 22.7. The molecule has 11 heavy (non-hydrogen) atoms. The number of nitrogens with one attached hydrogen (secondary N) is 2. The molecule has 0 bridgehead atoms. The van der Waals surface area contributed by atoms with Crippen LogP contribution in [0.25, 0.3) is 0 Å². The van der Waals surface area contributed by atoms with Crippen LogP contribution in [-0.2, 0) is 4.79 Å². The van der Waals surface area contributed by atoms with Gasteiger partial charge in [0.2, 0.25) is 0 Å². The van der Waals surface area contributed by atoms with Gasteiger partial charge in [-0.3, -0.25) is 10.2 Å². The average Bonchev–Trinajstić information content (AvgIpc) is 1.90. The molecule has 0 saturated carbocycles. The lowest BCUT2D eigenvalue weighted by Gasteiger charge is -2.19. The predicted molar refractivity (Wildman–Crippen MR) is 46.3 cm³/mol. The maximum absolute atomic E-state index is 10.3. The Morgan fingerprint density at radius 1 is 1.45 bits per heavy atom. The Morgan fingerprint density at radius 3 is 2.36 bits per heavy atom. The molecule has 6 heteroatoms. The van der Waals surface area contributed by atoms with Crippen LogP contribution in [0.3, 0.4) is 0 Å². The van der Waals surface area contributed by atoms with E-state index in [0.717, 1.165) is 19.4 Å². The Kier molecular flexibility index (Phi) is 8.21. The summed E-state index contributed by atoms with van der Waals surface area (Å²) < 4.78 is 0. The third-order valence-electron chi connectivity index (χ3n) is 1.37. The average molecular weight is 203 g/mol. The lowest BCUT2D eigenvalue weighted by atomic mass is 10.1. The predicted octanol–water partition coefficient (Wildman–Crippen LogP) is 0.171. The van der Waals surface area contributed by atoms with E-state index in [1.807, 2.05) is 0 Å². The van der Waals surface area contributed by atoms with Crippen molar-refractivity contribution < 1.29 is 9.90 Å². The van der Waals surface area contributed by atoms with E-state index in [0.29, 0.717) is 0 Å². The minimum absolute atomic E-state index is 0. The molecule has 0 aromatic heterocycles. The van der Waals surface area contributed by atoms with Gasteiger partial charge in [0.1, 0.15) is 6.04 Å². The standard InChI is InChI=1S/C5H10N2O2.2ClH/c8-5(9)4-2-1-3-6-7-4;;/h4,6-7H,1-3H2,(H,8,9);2*1H. The molecule has 0 aromatic carbocycles. The van der Waals surface area contributed by atoms with Gasteiger partial charge in [-0.15, -0.1) is 24.8 Å². The summed E-state index contributed by atoms with van der Waals surface area (Å²) in [5.74, 6) is -0.776. The Morgan fingerprint density at radius 2 is 2.09 bits per heavy atom. The SMILES string of the molecule is Cl.Cl.O=C(O)C1CCCNN1. The number of carboxylic acids is 1. The zero-order chi connectivity index (χ0) is 6.69. The van der Waals surface area contributed by atoms with Crippen LogP contribution in [0.2, 0.25) is 0 Å². The van der Waals surface area contributed by atoms with Crippen molar-refractivity contribution in [1.82, 2.24) is 10.9 Å². The van der Waals surface area contributed by atoms with Crippen LogP contribution in [0.4, 0.5) is 0 Å². The number of halogens is 2. The molecule has 1 aliphatic heterocycles. The third-order valence-corrected chi connectivity index (χ3v) is 1.37. The Hall–Kier alpha value is -0.0300. The van der Waals surface area contributed by atoms with Gasteiger partial charge in [0.05, 0.1) is 0 Å². The quantitative estimate of drug-likeness (QED) is 0.568. The lowest BCUT2D eigenvalue weighted by Crippen LogP contribution is -2.49. The summed E-state index contributed by atoms with van der Waals surface area (Å²) in [6.45, 7) is 0.865. The van der Waals surface area contributed by atoms with Crippen molar-refractivity contribution in [3.63, 3.8) is 0 Å². The third kappa shape index (κ3) is 4.42. The van der Waals surface area contributed by atoms with E-state index in [9.17, 15) is 4.79 Å². The van der Waals surface area contributed by atoms with Crippen molar-refractivity contribution in [2.75, 3.05) is 6.54 Å². The van der Waals surface area contributed by atoms with Gasteiger partial charge in [-0.25, -0.2) is 5.43 Å². The fourth-order valence-corrected chi connectivity index (χ4v) is 0.847. The van der Waals surface area contributed by atoms with Crippen molar-refractivity contribution in [3.05, 3.63) is 0 Å². The molecule has 0 aromatic rings. The smallest absolute Gasteiger partial charge is 0.322 e. The summed E-state index contributed by atoms with van der Waals surface area (Å²) in [5, 5.41) is 8.44. The molecule has 4 nitrogen and oxygen atoms in total. The zero-order valence-electron chi connectivity index (χ0n) is 5.87. The van der Waals surface area contributed by atoms with Crippen LogP contribution in [0.15, 0.2) is 0 Å². The lowest BCUT2D eigenvalue weighted by molar-refractivity contribution is -0.140. The highest BCUT2D eigenvalue weighted by atomic mass is 35.5. The molecule has 0 spiro atoms. The number of rotatable bonds is 1. The van der Waals surface area contributed by atoms with Gasteiger partial charge in [-0.2, -0.15) is 0 Å². The summed E-state index contributed by atoms with van der Waals surface area (Å²) in [6, 6.07) is -0.390. The molecule has 0 amide bonds. The molecule has 0 radical (unpaired) electrons. The fourth-order valence-electron chi connectivity index (χ4n) is 0.847. The van der Waals surface area contributed by atoms with E-state index in [4.69, 9.17) is 5.11 Å². The molecular formula is C5H12Cl2N2O2. The molecule has 68 valence electrons. The second-order valence-corrected chi connectivity index (χ2v) is 2.10. The van der Waals surface area contributed by atoms with Crippen molar-refractivity contribution in [2.24, 2.45) is 0 Å². The number of hydrazine groups is 1. The van der Waals surface area contributed by atoms with Crippen molar-refractivity contribution >= 4 is 30.8 Å². The second kappa shape index (κ2) is 6.67. The van der Waals surface area contributed by atoms with Gasteiger partial charge in [0, 0.05) is 6.54 Å². The first-order valence-electron chi connectivity index (χ1n) is 3.02. The largest absolute Gasteiger partial charge is 0.480 e. The van der Waals surface area contributed by atoms with Gasteiger partial charge < -0.3 is 5.11 Å². The van der Waals surface area contributed by atoms with Crippen LogP contribution in [-0.4, -0.2) is 23.7 Å². The first-order chi connectivity index (χ1) is 4.30.